The average molecular weight is 223 g/mol. The summed E-state index contributed by atoms with van der Waals surface area (Å²) in [5.74, 6) is -0.436. The zero-order chi connectivity index (χ0) is 10.2. The van der Waals surface area contributed by atoms with Crippen molar-refractivity contribution in [1.29, 1.82) is 0 Å². The summed E-state index contributed by atoms with van der Waals surface area (Å²) in [5, 5.41) is 8.77. The number of nitrogens with two attached hydrogens (primary N) is 1. The first-order chi connectivity index (χ1) is 5.82. The Kier molecular flexibility index (Phi) is 2.38. The first-order valence-electron chi connectivity index (χ1n) is 3.06. The Hall–Kier alpha value is -0.980. The molecule has 0 bridgehead atoms. The molecule has 0 aliphatic rings. The third-order valence-electron chi connectivity index (χ3n) is 1.36. The van der Waals surface area contributed by atoms with Crippen LogP contribution < -0.4 is 5.73 Å². The molecule has 3 N–H and O–H groups in total. The molecule has 0 aliphatic heterocycles. The second-order valence-electron chi connectivity index (χ2n) is 2.30. The molecule has 1 aromatic rings. The van der Waals surface area contributed by atoms with Crippen molar-refractivity contribution in [3.05, 3.63) is 17.2 Å². The average Bonchev–Trinajstić information content (AvgIpc) is 1.97. The van der Waals surface area contributed by atoms with Crippen molar-refractivity contribution in [2.75, 3.05) is 5.73 Å². The molecule has 1 aromatic carbocycles. The second-order valence-corrected chi connectivity index (χ2v) is 4.08. The molecule has 0 radical (unpaired) electrons. The molecule has 0 unspecified atom stereocenters. The molecule has 72 valence electrons. The van der Waals surface area contributed by atoms with Gasteiger partial charge in [0, 0.05) is 0 Å². The molecule has 0 aliphatic carbocycles. The van der Waals surface area contributed by atoms with E-state index in [4.69, 9.17) is 22.4 Å². The van der Waals surface area contributed by atoms with Crippen LogP contribution in [0.4, 0.5) is 5.69 Å². The molecule has 7 heteroatoms. The topological polar surface area (TPSA) is 103 Å². The summed E-state index contributed by atoms with van der Waals surface area (Å²) in [6, 6.07) is 1.69. The maximum Gasteiger partial charge on any atom is 0.157 e. The third kappa shape index (κ3) is 2.03. The van der Waals surface area contributed by atoms with E-state index in [1.54, 1.807) is 0 Å². The molecule has 0 spiro atoms. The molecule has 1 rings (SSSR count). The van der Waals surface area contributed by atoms with Crippen molar-refractivity contribution in [2.24, 2.45) is 0 Å². The number of hydrogen-bond acceptors (Lipinski definition) is 5. The second kappa shape index (κ2) is 3.06. The van der Waals surface area contributed by atoms with Gasteiger partial charge in [0.1, 0.15) is 10.1 Å². The molecular weight excluding hydrogens is 218 g/mol. The lowest BCUT2D eigenvalue weighted by Gasteiger charge is -2.09. The summed E-state index contributed by atoms with van der Waals surface area (Å²) in [7, 11) is -4.59. The van der Waals surface area contributed by atoms with Crippen molar-refractivity contribution in [1.82, 2.24) is 0 Å². The minimum atomic E-state index is -4.59. The fraction of sp³-hybridized carbons (Fsp3) is 0. The van der Waals surface area contributed by atoms with E-state index in [0.717, 1.165) is 12.1 Å². The van der Waals surface area contributed by atoms with Gasteiger partial charge in [-0.2, -0.15) is 0 Å². The van der Waals surface area contributed by atoms with Crippen molar-refractivity contribution < 1.29 is 18.1 Å². The number of aromatic hydroxyl groups is 1. The van der Waals surface area contributed by atoms with Gasteiger partial charge >= 0.3 is 0 Å². The smallest absolute Gasteiger partial charge is 0.157 e. The third-order valence-corrected chi connectivity index (χ3v) is 2.46. The minimum absolute atomic E-state index is 0.248. The van der Waals surface area contributed by atoms with Gasteiger partial charge in [0.2, 0.25) is 0 Å². The molecule has 0 saturated heterocycles. The van der Waals surface area contributed by atoms with Crippen LogP contribution in [0.15, 0.2) is 17.0 Å². The van der Waals surface area contributed by atoms with Gasteiger partial charge in [0.25, 0.3) is 0 Å². The molecular formula is C6H5ClNO4S-. The maximum absolute atomic E-state index is 10.5. The maximum atomic E-state index is 10.5. The van der Waals surface area contributed by atoms with Crippen LogP contribution in [0.3, 0.4) is 0 Å². The molecule has 5 nitrogen and oxygen atoms in total. The van der Waals surface area contributed by atoms with Gasteiger partial charge in [-0.1, -0.05) is 11.6 Å². The zero-order valence-electron chi connectivity index (χ0n) is 6.19. The molecule has 0 aromatic heterocycles. The Morgan fingerprint density at radius 2 is 2.00 bits per heavy atom. The van der Waals surface area contributed by atoms with Gasteiger partial charge < -0.3 is 15.4 Å². The highest BCUT2D eigenvalue weighted by Gasteiger charge is 2.09. The van der Waals surface area contributed by atoms with Gasteiger partial charge in [-0.15, -0.1) is 0 Å². The van der Waals surface area contributed by atoms with Crippen molar-refractivity contribution in [3.8, 4) is 5.75 Å². The van der Waals surface area contributed by atoms with E-state index in [1.807, 2.05) is 0 Å². The number of rotatable bonds is 1. The van der Waals surface area contributed by atoms with E-state index in [0.29, 0.717) is 0 Å². The van der Waals surface area contributed by atoms with Crippen LogP contribution in [0.25, 0.3) is 0 Å². The van der Waals surface area contributed by atoms with E-state index in [2.05, 4.69) is 0 Å². The van der Waals surface area contributed by atoms with E-state index in [1.165, 1.54) is 0 Å². The van der Waals surface area contributed by atoms with Gasteiger partial charge in [0.15, 0.2) is 5.75 Å². The fourth-order valence-corrected chi connectivity index (χ4v) is 1.56. The summed E-state index contributed by atoms with van der Waals surface area (Å²) in [6.45, 7) is 0. The standard InChI is InChI=1S/C6H6ClNO4S/c7-4-1-3(13(10,11)12)2-5(8)6(4)9/h1-2,9H,8H2,(H,10,11,12)/p-1. The summed E-state index contributed by atoms with van der Waals surface area (Å²) in [5.41, 5.74) is 4.93. The summed E-state index contributed by atoms with van der Waals surface area (Å²) >= 11 is 5.39. The monoisotopic (exact) mass is 222 g/mol. The van der Waals surface area contributed by atoms with Gasteiger partial charge in [-0.3, -0.25) is 0 Å². The number of phenolic OH excluding ortho intramolecular Hbond substituents is 1. The number of hydrogen-bond donors (Lipinski definition) is 2. The number of nitrogen functional groups attached to an aromatic ring is 1. The first-order valence-corrected chi connectivity index (χ1v) is 4.85. The van der Waals surface area contributed by atoms with E-state index < -0.39 is 20.8 Å². The Balaban J connectivity index is 3.47. The van der Waals surface area contributed by atoms with Gasteiger partial charge in [0.05, 0.1) is 15.6 Å². The van der Waals surface area contributed by atoms with Gasteiger partial charge in [-0.05, 0) is 12.1 Å². The molecule has 0 heterocycles. The lowest BCUT2D eigenvalue weighted by Crippen LogP contribution is -2.00. The van der Waals surface area contributed by atoms with Crippen LogP contribution in [0, 0.1) is 0 Å². The normalized spacial score (nSPS) is 11.5. The zero-order valence-corrected chi connectivity index (χ0v) is 7.76. The summed E-state index contributed by atoms with van der Waals surface area (Å²) in [4.78, 5) is -0.562. The lowest BCUT2D eigenvalue weighted by molar-refractivity contribution is 0.462. The predicted molar refractivity (Wildman–Crippen MR) is 45.5 cm³/mol. The highest BCUT2D eigenvalue weighted by atomic mass is 35.5. The largest absolute Gasteiger partial charge is 0.744 e. The van der Waals surface area contributed by atoms with Crippen molar-refractivity contribution >= 4 is 27.4 Å². The minimum Gasteiger partial charge on any atom is -0.744 e. The SMILES string of the molecule is Nc1cc(S(=O)(=O)[O-])cc(Cl)c1O. The lowest BCUT2D eigenvalue weighted by atomic mass is 10.3. The van der Waals surface area contributed by atoms with Crippen LogP contribution in [-0.2, 0) is 10.1 Å². The van der Waals surface area contributed by atoms with Crippen LogP contribution >= 0.6 is 11.6 Å². The van der Waals surface area contributed by atoms with Gasteiger partial charge in [-0.25, -0.2) is 8.42 Å². The molecule has 0 fully saturated rings. The van der Waals surface area contributed by atoms with Crippen LogP contribution in [0.1, 0.15) is 0 Å². The fourth-order valence-electron chi connectivity index (χ4n) is 0.739. The van der Waals surface area contributed by atoms with E-state index in [-0.39, 0.29) is 10.7 Å². The van der Waals surface area contributed by atoms with Crippen molar-refractivity contribution in [2.45, 2.75) is 4.90 Å². The summed E-state index contributed by atoms with van der Waals surface area (Å²) in [6.07, 6.45) is 0. The molecule has 0 atom stereocenters. The first kappa shape index (κ1) is 10.1. The number of phenols is 1. The Bertz CT molecular complexity index is 419. The number of halogens is 1. The molecule has 13 heavy (non-hydrogen) atoms. The van der Waals surface area contributed by atoms with E-state index >= 15 is 0 Å². The predicted octanol–water partition coefficient (Wildman–Crippen LogP) is 0.532. The Labute approximate surface area is 79.5 Å². The molecule has 0 amide bonds. The van der Waals surface area contributed by atoms with Crippen LogP contribution in [0.5, 0.6) is 5.75 Å². The number of benzene rings is 1. The van der Waals surface area contributed by atoms with Crippen LogP contribution in [0.2, 0.25) is 5.02 Å². The Morgan fingerprint density at radius 1 is 1.46 bits per heavy atom. The molecule has 0 saturated carbocycles. The quantitative estimate of drug-likeness (QED) is 0.410. The highest BCUT2D eigenvalue weighted by molar-refractivity contribution is 7.85. The highest BCUT2D eigenvalue weighted by Crippen LogP contribution is 2.32. The summed E-state index contributed by atoms with van der Waals surface area (Å²) < 4.78 is 31.5. The van der Waals surface area contributed by atoms with Crippen LogP contribution in [-0.4, -0.2) is 18.1 Å². The van der Waals surface area contributed by atoms with E-state index in [9.17, 15) is 13.0 Å². The Morgan fingerprint density at radius 3 is 2.38 bits per heavy atom. The van der Waals surface area contributed by atoms with Crippen molar-refractivity contribution in [3.63, 3.8) is 0 Å². The number of anilines is 1.